The van der Waals surface area contributed by atoms with Gasteiger partial charge in [0.25, 0.3) is 5.91 Å². The van der Waals surface area contributed by atoms with Crippen LogP contribution in [-0.4, -0.2) is 19.0 Å². The second-order valence-corrected chi connectivity index (χ2v) is 4.67. The smallest absolute Gasteiger partial charge is 0.337 e. The summed E-state index contributed by atoms with van der Waals surface area (Å²) in [5, 5.41) is 2.76. The van der Waals surface area contributed by atoms with Crippen molar-refractivity contribution in [3.8, 4) is 5.75 Å². The van der Waals surface area contributed by atoms with Crippen molar-refractivity contribution in [1.82, 2.24) is 0 Å². The van der Waals surface area contributed by atoms with Crippen LogP contribution in [0.25, 0.3) is 6.08 Å². The maximum Gasteiger partial charge on any atom is 0.337 e. The summed E-state index contributed by atoms with van der Waals surface area (Å²) in [6.45, 7) is 0. The van der Waals surface area contributed by atoms with E-state index >= 15 is 0 Å². The summed E-state index contributed by atoms with van der Waals surface area (Å²) in [4.78, 5) is 23.4. The molecule has 0 aliphatic carbocycles. The second kappa shape index (κ2) is 5.73. The number of ether oxygens (including phenoxy) is 2. The predicted octanol–water partition coefficient (Wildman–Crippen LogP) is 2.85. The van der Waals surface area contributed by atoms with Gasteiger partial charge in [-0.25, -0.2) is 4.79 Å². The van der Waals surface area contributed by atoms with Crippen molar-refractivity contribution < 1.29 is 19.1 Å². The first-order valence-electron chi connectivity index (χ1n) is 6.65. The number of nitrogens with one attached hydrogen (secondary N) is 1. The van der Waals surface area contributed by atoms with Crippen LogP contribution in [0.1, 0.15) is 15.9 Å². The molecule has 1 aliphatic heterocycles. The van der Waals surface area contributed by atoms with E-state index < -0.39 is 5.97 Å². The lowest BCUT2D eigenvalue weighted by Crippen LogP contribution is -2.23. The van der Waals surface area contributed by atoms with Crippen molar-refractivity contribution in [2.24, 2.45) is 0 Å². The van der Waals surface area contributed by atoms with Gasteiger partial charge in [-0.2, -0.15) is 0 Å². The van der Waals surface area contributed by atoms with Gasteiger partial charge in [0.15, 0.2) is 11.5 Å². The number of amides is 1. The Kier molecular flexibility index (Phi) is 3.62. The van der Waals surface area contributed by atoms with Crippen molar-refractivity contribution in [3.63, 3.8) is 0 Å². The maximum atomic E-state index is 12.0. The largest absolute Gasteiger partial charge is 0.465 e. The molecule has 2 aromatic carbocycles. The Labute approximate surface area is 127 Å². The van der Waals surface area contributed by atoms with E-state index in [0.717, 1.165) is 5.56 Å². The minimum absolute atomic E-state index is 0.199. The molecule has 0 spiro atoms. The van der Waals surface area contributed by atoms with E-state index in [1.807, 2.05) is 12.1 Å². The van der Waals surface area contributed by atoms with Crippen molar-refractivity contribution in [2.75, 3.05) is 12.4 Å². The van der Waals surface area contributed by atoms with Gasteiger partial charge in [-0.1, -0.05) is 24.3 Å². The number of carbonyl (C=O) groups excluding carboxylic acids is 2. The van der Waals surface area contributed by atoms with Crippen LogP contribution in [-0.2, 0) is 9.53 Å². The van der Waals surface area contributed by atoms with E-state index in [1.54, 1.807) is 42.5 Å². The molecular weight excluding hydrogens is 282 g/mol. The number of hydrogen-bond acceptors (Lipinski definition) is 4. The number of benzene rings is 2. The lowest BCUT2D eigenvalue weighted by Gasteiger charge is -2.19. The molecule has 0 aromatic heterocycles. The van der Waals surface area contributed by atoms with Crippen molar-refractivity contribution >= 4 is 23.6 Å². The molecule has 0 atom stereocenters. The van der Waals surface area contributed by atoms with E-state index in [-0.39, 0.29) is 11.7 Å². The van der Waals surface area contributed by atoms with Gasteiger partial charge < -0.3 is 14.8 Å². The summed E-state index contributed by atoms with van der Waals surface area (Å²) in [6.07, 6.45) is 1.62. The standard InChI is InChI=1S/C17H13NO4/c1-21-17(20)12-8-6-11(7-9-12)10-15-16(19)18-13-4-2-3-5-14(13)22-15/h2-10H,1H3,(H,18,19)/b15-10-. The molecule has 110 valence electrons. The monoisotopic (exact) mass is 295 g/mol. The van der Waals surface area contributed by atoms with E-state index in [0.29, 0.717) is 17.0 Å². The van der Waals surface area contributed by atoms with Crippen molar-refractivity contribution in [2.45, 2.75) is 0 Å². The van der Waals surface area contributed by atoms with E-state index in [9.17, 15) is 9.59 Å². The van der Waals surface area contributed by atoms with Crippen molar-refractivity contribution in [1.29, 1.82) is 0 Å². The van der Waals surface area contributed by atoms with Crippen LogP contribution in [0.4, 0.5) is 5.69 Å². The van der Waals surface area contributed by atoms with Crippen molar-refractivity contribution in [3.05, 3.63) is 65.4 Å². The second-order valence-electron chi connectivity index (χ2n) is 4.67. The third-order valence-electron chi connectivity index (χ3n) is 3.21. The normalized spacial score (nSPS) is 14.8. The molecule has 1 heterocycles. The summed E-state index contributed by atoms with van der Waals surface area (Å²) in [5.41, 5.74) is 1.84. The van der Waals surface area contributed by atoms with Gasteiger partial charge in [-0.05, 0) is 35.9 Å². The summed E-state index contributed by atoms with van der Waals surface area (Å²) >= 11 is 0. The van der Waals surface area contributed by atoms with Gasteiger partial charge in [-0.3, -0.25) is 4.79 Å². The zero-order valence-corrected chi connectivity index (χ0v) is 11.8. The van der Waals surface area contributed by atoms with Gasteiger partial charge in [0.2, 0.25) is 0 Å². The topological polar surface area (TPSA) is 64.6 Å². The SMILES string of the molecule is COC(=O)c1ccc(/C=C2\Oc3ccccc3NC2=O)cc1. The summed E-state index contributed by atoms with van der Waals surface area (Å²) in [6, 6.07) is 13.9. The number of hydrogen-bond donors (Lipinski definition) is 1. The zero-order valence-electron chi connectivity index (χ0n) is 11.8. The fraction of sp³-hybridized carbons (Fsp3) is 0.0588. The van der Waals surface area contributed by atoms with Crippen LogP contribution in [0, 0.1) is 0 Å². The minimum atomic E-state index is -0.403. The Balaban J connectivity index is 1.86. The summed E-state index contributed by atoms with van der Waals surface area (Å²) < 4.78 is 10.2. The molecule has 0 unspecified atom stereocenters. The Morgan fingerprint density at radius 1 is 1.14 bits per heavy atom. The molecule has 0 saturated carbocycles. The Bertz CT molecular complexity index is 762. The zero-order chi connectivity index (χ0) is 15.5. The fourth-order valence-electron chi connectivity index (χ4n) is 2.09. The predicted molar refractivity (Wildman–Crippen MR) is 81.5 cm³/mol. The first-order chi connectivity index (χ1) is 10.7. The highest BCUT2D eigenvalue weighted by Crippen LogP contribution is 2.30. The highest BCUT2D eigenvalue weighted by Gasteiger charge is 2.21. The first-order valence-corrected chi connectivity index (χ1v) is 6.65. The molecule has 0 saturated heterocycles. The Morgan fingerprint density at radius 3 is 2.59 bits per heavy atom. The number of esters is 1. The van der Waals surface area contributed by atoms with Gasteiger partial charge in [0, 0.05) is 0 Å². The van der Waals surface area contributed by atoms with Gasteiger partial charge in [-0.15, -0.1) is 0 Å². The first kappa shape index (κ1) is 13.9. The lowest BCUT2D eigenvalue weighted by atomic mass is 10.1. The number of fused-ring (bicyclic) bond motifs is 1. The number of methoxy groups -OCH3 is 1. The molecular formula is C17H13NO4. The minimum Gasteiger partial charge on any atom is -0.465 e. The molecule has 22 heavy (non-hydrogen) atoms. The number of rotatable bonds is 2. The third-order valence-corrected chi connectivity index (χ3v) is 3.21. The van der Waals surface area contributed by atoms with Crippen LogP contribution in [0.15, 0.2) is 54.3 Å². The van der Waals surface area contributed by atoms with Crippen LogP contribution in [0.2, 0.25) is 0 Å². The quantitative estimate of drug-likeness (QED) is 0.683. The van der Waals surface area contributed by atoms with E-state index in [4.69, 9.17) is 4.74 Å². The molecule has 0 fully saturated rings. The molecule has 1 aliphatic rings. The molecule has 3 rings (SSSR count). The van der Waals surface area contributed by atoms with Crippen LogP contribution in [0.5, 0.6) is 5.75 Å². The molecule has 1 amide bonds. The molecule has 1 N–H and O–H groups in total. The molecule has 5 heteroatoms. The summed E-state index contributed by atoms with van der Waals surface area (Å²) in [5.74, 6) is 0.0829. The molecule has 0 bridgehead atoms. The maximum absolute atomic E-state index is 12.0. The number of anilines is 1. The Hall–Kier alpha value is -3.08. The van der Waals surface area contributed by atoms with E-state index in [2.05, 4.69) is 10.1 Å². The lowest BCUT2D eigenvalue weighted by molar-refractivity contribution is -0.115. The van der Waals surface area contributed by atoms with Gasteiger partial charge in [0.1, 0.15) is 0 Å². The third kappa shape index (κ3) is 2.69. The number of carbonyl (C=O) groups is 2. The van der Waals surface area contributed by atoms with Crippen LogP contribution < -0.4 is 10.1 Å². The highest BCUT2D eigenvalue weighted by atomic mass is 16.5. The molecule has 2 aromatic rings. The van der Waals surface area contributed by atoms with E-state index in [1.165, 1.54) is 7.11 Å². The van der Waals surface area contributed by atoms with Crippen LogP contribution >= 0.6 is 0 Å². The fourth-order valence-corrected chi connectivity index (χ4v) is 2.09. The number of para-hydroxylation sites is 2. The van der Waals surface area contributed by atoms with Gasteiger partial charge >= 0.3 is 5.97 Å². The average Bonchev–Trinajstić information content (AvgIpc) is 2.55. The highest BCUT2D eigenvalue weighted by molar-refractivity contribution is 6.08. The van der Waals surface area contributed by atoms with Crippen LogP contribution in [0.3, 0.4) is 0 Å². The molecule has 0 radical (unpaired) electrons. The molecule has 5 nitrogen and oxygen atoms in total. The Morgan fingerprint density at radius 2 is 1.86 bits per heavy atom. The van der Waals surface area contributed by atoms with Gasteiger partial charge in [0.05, 0.1) is 18.4 Å². The average molecular weight is 295 g/mol. The summed E-state index contributed by atoms with van der Waals surface area (Å²) in [7, 11) is 1.33.